The van der Waals surface area contributed by atoms with Crippen LogP contribution in [0.3, 0.4) is 0 Å². The molecule has 1 aromatic rings. The molecule has 4 nitrogen and oxygen atoms in total. The van der Waals surface area contributed by atoms with E-state index in [9.17, 15) is 9.90 Å². The zero-order valence-electron chi connectivity index (χ0n) is 11.4. The quantitative estimate of drug-likeness (QED) is 0.858. The van der Waals surface area contributed by atoms with E-state index in [0.29, 0.717) is 11.1 Å². The second-order valence-corrected chi connectivity index (χ2v) is 6.38. The number of carboxylic acid groups (broad SMARTS) is 1. The summed E-state index contributed by atoms with van der Waals surface area (Å²) in [6, 6.07) is 1.86. The largest absolute Gasteiger partial charge is 0.481 e. The monoisotopic (exact) mass is 280 g/mol. The first kappa shape index (κ1) is 14.3. The number of aryl methyl sites for hydroxylation is 1. The summed E-state index contributed by atoms with van der Waals surface area (Å²) in [5, 5.41) is 10.1. The molecule has 0 aromatic carbocycles. The van der Waals surface area contributed by atoms with Gasteiger partial charge in [0.05, 0.1) is 5.92 Å². The first-order chi connectivity index (χ1) is 9.10. The van der Waals surface area contributed by atoms with E-state index in [1.54, 1.807) is 6.20 Å². The van der Waals surface area contributed by atoms with Crippen LogP contribution < -0.4 is 0 Å². The van der Waals surface area contributed by atoms with Crippen LogP contribution in [0, 0.1) is 18.8 Å². The predicted octanol–water partition coefficient (Wildman–Crippen LogP) is 3.16. The van der Waals surface area contributed by atoms with Crippen molar-refractivity contribution in [2.45, 2.75) is 49.9 Å². The van der Waals surface area contributed by atoms with Crippen molar-refractivity contribution in [1.29, 1.82) is 0 Å². The Morgan fingerprint density at radius 3 is 2.95 bits per heavy atom. The molecule has 19 heavy (non-hydrogen) atoms. The van der Waals surface area contributed by atoms with Crippen LogP contribution in [0.5, 0.6) is 0 Å². The fourth-order valence-electron chi connectivity index (χ4n) is 2.61. The van der Waals surface area contributed by atoms with E-state index in [-0.39, 0.29) is 11.2 Å². The highest BCUT2D eigenvalue weighted by Gasteiger charge is 2.35. The summed E-state index contributed by atoms with van der Waals surface area (Å²) < 4.78 is 0. The maximum atomic E-state index is 11.4. The Hall–Kier alpha value is -1.10. The lowest BCUT2D eigenvalue weighted by molar-refractivity contribution is -0.142. The van der Waals surface area contributed by atoms with Crippen molar-refractivity contribution in [3.8, 4) is 0 Å². The minimum absolute atomic E-state index is 0.0954. The molecule has 1 saturated carbocycles. The number of carboxylic acids is 1. The molecule has 1 aromatic heterocycles. The maximum absolute atomic E-state index is 11.4. The highest BCUT2D eigenvalue weighted by atomic mass is 32.2. The molecule has 3 atom stereocenters. The Balaban J connectivity index is 2.11. The summed E-state index contributed by atoms with van der Waals surface area (Å²) in [4.78, 5) is 20.0. The van der Waals surface area contributed by atoms with Crippen LogP contribution >= 0.6 is 11.8 Å². The molecule has 0 bridgehead atoms. The summed E-state index contributed by atoms with van der Waals surface area (Å²) in [5.74, 6) is -0.311. The number of nitrogens with zero attached hydrogens (tertiary/aromatic N) is 2. The summed E-state index contributed by atoms with van der Waals surface area (Å²) in [5.41, 5.74) is 0.923. The number of aliphatic carboxylic acids is 1. The van der Waals surface area contributed by atoms with E-state index in [0.717, 1.165) is 31.4 Å². The van der Waals surface area contributed by atoms with Gasteiger partial charge in [0, 0.05) is 17.1 Å². The van der Waals surface area contributed by atoms with Crippen LogP contribution in [-0.4, -0.2) is 26.3 Å². The third-order valence-electron chi connectivity index (χ3n) is 3.82. The van der Waals surface area contributed by atoms with Gasteiger partial charge in [-0.25, -0.2) is 9.97 Å². The second-order valence-electron chi connectivity index (χ2n) is 5.17. The molecule has 0 radical (unpaired) electrons. The van der Waals surface area contributed by atoms with Crippen molar-refractivity contribution < 1.29 is 9.90 Å². The maximum Gasteiger partial charge on any atom is 0.307 e. The molecular formula is C14H20N2O2S. The minimum atomic E-state index is -0.681. The Morgan fingerprint density at radius 2 is 2.32 bits per heavy atom. The van der Waals surface area contributed by atoms with Gasteiger partial charge in [-0.1, -0.05) is 25.1 Å². The number of aromatic nitrogens is 2. The number of hydrogen-bond acceptors (Lipinski definition) is 4. The van der Waals surface area contributed by atoms with Crippen molar-refractivity contribution in [3.05, 3.63) is 18.0 Å². The van der Waals surface area contributed by atoms with Crippen molar-refractivity contribution >= 4 is 17.7 Å². The highest BCUT2D eigenvalue weighted by Crippen LogP contribution is 2.40. The van der Waals surface area contributed by atoms with Crippen LogP contribution in [0.1, 0.15) is 38.3 Å². The summed E-state index contributed by atoms with van der Waals surface area (Å²) in [7, 11) is 0. The number of thioether (sulfide) groups is 1. The fraction of sp³-hybridized carbons (Fsp3) is 0.643. The predicted molar refractivity (Wildman–Crippen MR) is 75.2 cm³/mol. The van der Waals surface area contributed by atoms with Crippen molar-refractivity contribution in [2.75, 3.05) is 0 Å². The van der Waals surface area contributed by atoms with E-state index in [2.05, 4.69) is 16.9 Å². The molecular weight excluding hydrogens is 260 g/mol. The number of rotatable bonds is 4. The van der Waals surface area contributed by atoms with E-state index in [4.69, 9.17) is 0 Å². The van der Waals surface area contributed by atoms with Crippen LogP contribution in [-0.2, 0) is 4.79 Å². The standard InChI is InChI=1S/C14H20N2O2S/c1-3-10-4-5-11(13(17)18)12(8-10)19-14-15-7-6-9(2)16-14/h6-7,10-12H,3-5,8H2,1-2H3,(H,17,18). The first-order valence-electron chi connectivity index (χ1n) is 6.79. The Morgan fingerprint density at radius 1 is 1.53 bits per heavy atom. The normalized spacial score (nSPS) is 27.2. The molecule has 0 saturated heterocycles. The number of hydrogen-bond donors (Lipinski definition) is 1. The molecule has 104 valence electrons. The van der Waals surface area contributed by atoms with E-state index < -0.39 is 5.97 Å². The molecule has 1 heterocycles. The van der Waals surface area contributed by atoms with Gasteiger partial charge >= 0.3 is 5.97 Å². The third-order valence-corrected chi connectivity index (χ3v) is 5.06. The molecule has 1 N–H and O–H groups in total. The van der Waals surface area contributed by atoms with Gasteiger partial charge < -0.3 is 5.11 Å². The van der Waals surface area contributed by atoms with Gasteiger partial charge in [0.2, 0.25) is 0 Å². The first-order valence-corrected chi connectivity index (χ1v) is 7.67. The van der Waals surface area contributed by atoms with Gasteiger partial charge in [0.15, 0.2) is 5.16 Å². The highest BCUT2D eigenvalue weighted by molar-refractivity contribution is 7.99. The summed E-state index contributed by atoms with van der Waals surface area (Å²) in [6.07, 6.45) is 5.62. The molecule has 2 rings (SSSR count). The average molecular weight is 280 g/mol. The van der Waals surface area contributed by atoms with Gasteiger partial charge in [0.1, 0.15) is 0 Å². The van der Waals surface area contributed by atoms with Crippen molar-refractivity contribution in [3.63, 3.8) is 0 Å². The van der Waals surface area contributed by atoms with Crippen LogP contribution in [0.2, 0.25) is 0 Å². The van der Waals surface area contributed by atoms with Gasteiger partial charge in [-0.15, -0.1) is 0 Å². The summed E-state index contributed by atoms with van der Waals surface area (Å²) >= 11 is 1.53. The lowest BCUT2D eigenvalue weighted by Gasteiger charge is -2.32. The molecule has 3 unspecified atom stereocenters. The van der Waals surface area contributed by atoms with Gasteiger partial charge in [-0.3, -0.25) is 4.79 Å². The number of carbonyl (C=O) groups is 1. The second kappa shape index (κ2) is 6.37. The SMILES string of the molecule is CCC1CCC(C(=O)O)C(Sc2nccc(C)n2)C1. The molecule has 0 aliphatic heterocycles. The third kappa shape index (κ3) is 3.69. The zero-order chi connectivity index (χ0) is 13.8. The fourth-order valence-corrected chi connectivity index (χ4v) is 3.99. The molecule has 5 heteroatoms. The Bertz CT molecular complexity index is 453. The van der Waals surface area contributed by atoms with Gasteiger partial charge in [0.25, 0.3) is 0 Å². The van der Waals surface area contributed by atoms with E-state index >= 15 is 0 Å². The van der Waals surface area contributed by atoms with Crippen molar-refractivity contribution in [2.24, 2.45) is 11.8 Å². The van der Waals surface area contributed by atoms with E-state index in [1.165, 1.54) is 11.8 Å². The summed E-state index contributed by atoms with van der Waals surface area (Å²) in [6.45, 7) is 4.10. The average Bonchev–Trinajstić information content (AvgIpc) is 2.38. The van der Waals surface area contributed by atoms with Crippen molar-refractivity contribution in [1.82, 2.24) is 9.97 Å². The lowest BCUT2D eigenvalue weighted by Crippen LogP contribution is -2.32. The van der Waals surface area contributed by atoms with Gasteiger partial charge in [-0.05, 0) is 38.2 Å². The van der Waals surface area contributed by atoms with Crippen LogP contribution in [0.4, 0.5) is 0 Å². The molecule has 1 aliphatic carbocycles. The Labute approximate surface area is 118 Å². The van der Waals surface area contributed by atoms with Gasteiger partial charge in [-0.2, -0.15) is 0 Å². The zero-order valence-corrected chi connectivity index (χ0v) is 12.2. The topological polar surface area (TPSA) is 63.1 Å². The Kier molecular flexibility index (Phi) is 4.80. The van der Waals surface area contributed by atoms with Crippen LogP contribution in [0.25, 0.3) is 0 Å². The molecule has 1 aliphatic rings. The lowest BCUT2D eigenvalue weighted by atomic mass is 9.80. The minimum Gasteiger partial charge on any atom is -0.481 e. The molecule has 0 spiro atoms. The van der Waals surface area contributed by atoms with E-state index in [1.807, 2.05) is 13.0 Å². The smallest absolute Gasteiger partial charge is 0.307 e. The molecule has 0 amide bonds. The van der Waals surface area contributed by atoms with Crippen LogP contribution in [0.15, 0.2) is 17.4 Å². The molecule has 1 fully saturated rings.